The van der Waals surface area contributed by atoms with E-state index in [4.69, 9.17) is 5.73 Å². The van der Waals surface area contributed by atoms with E-state index in [0.29, 0.717) is 18.9 Å². The Morgan fingerprint density at radius 2 is 2.05 bits per heavy atom. The predicted octanol–water partition coefficient (Wildman–Crippen LogP) is 0.664. The molecule has 0 aromatic carbocycles. The number of nitrogens with two attached hydrogens (primary N) is 1. The van der Waals surface area contributed by atoms with Crippen LogP contribution in [0.25, 0.3) is 0 Å². The number of hydrogen-bond acceptors (Lipinski definition) is 3. The number of rotatable bonds is 4. The molecule has 2 fully saturated rings. The molecule has 0 saturated carbocycles. The third kappa shape index (κ3) is 4.35. The number of carbonyl (C=O) groups excluding carboxylic acids is 2. The Labute approximate surface area is 120 Å². The second-order valence-electron chi connectivity index (χ2n) is 5.40. The summed E-state index contributed by atoms with van der Waals surface area (Å²) in [6.45, 7) is 2.77. The van der Waals surface area contributed by atoms with Crippen molar-refractivity contribution in [3.63, 3.8) is 0 Å². The van der Waals surface area contributed by atoms with Crippen molar-refractivity contribution in [2.75, 3.05) is 19.6 Å². The molecule has 2 rings (SSSR count). The molecule has 6 heteroatoms. The van der Waals surface area contributed by atoms with Crippen LogP contribution in [0.3, 0.4) is 0 Å². The van der Waals surface area contributed by atoms with Gasteiger partial charge in [0.25, 0.3) is 0 Å². The fourth-order valence-corrected chi connectivity index (χ4v) is 2.96. The molecule has 19 heavy (non-hydrogen) atoms. The molecule has 5 nitrogen and oxygen atoms in total. The molecule has 0 aromatic heterocycles. The smallest absolute Gasteiger partial charge is 0.240 e. The first kappa shape index (κ1) is 16.2. The minimum absolute atomic E-state index is 0. The lowest BCUT2D eigenvalue weighted by Crippen LogP contribution is -2.50. The van der Waals surface area contributed by atoms with Crippen molar-refractivity contribution < 1.29 is 9.59 Å². The molecule has 2 saturated heterocycles. The summed E-state index contributed by atoms with van der Waals surface area (Å²) in [6, 6.07) is -0.368. The standard InChI is InChI=1S/C13H23N3O2.ClH/c14-13(18)11-3-1-2-8-16(11)12(17)5-4-10-6-7-15-9-10;/h10-11,15H,1-9H2,(H2,14,18);1H. The van der Waals surface area contributed by atoms with E-state index in [9.17, 15) is 9.59 Å². The molecule has 0 aliphatic carbocycles. The van der Waals surface area contributed by atoms with Gasteiger partial charge in [-0.3, -0.25) is 9.59 Å². The zero-order valence-electron chi connectivity index (χ0n) is 11.3. The van der Waals surface area contributed by atoms with Gasteiger partial charge in [-0.05, 0) is 51.1 Å². The number of primary amides is 1. The number of piperidine rings is 1. The van der Waals surface area contributed by atoms with Gasteiger partial charge in [-0.1, -0.05) is 0 Å². The van der Waals surface area contributed by atoms with Gasteiger partial charge in [-0.2, -0.15) is 0 Å². The van der Waals surface area contributed by atoms with E-state index in [-0.39, 0.29) is 30.3 Å². The van der Waals surface area contributed by atoms with E-state index in [1.54, 1.807) is 4.90 Å². The maximum Gasteiger partial charge on any atom is 0.240 e. The quantitative estimate of drug-likeness (QED) is 0.798. The van der Waals surface area contributed by atoms with E-state index in [2.05, 4.69) is 5.32 Å². The Hall–Kier alpha value is -0.810. The third-order valence-electron chi connectivity index (χ3n) is 4.08. The molecule has 2 aliphatic heterocycles. The lowest BCUT2D eigenvalue weighted by molar-refractivity contribution is -0.141. The van der Waals surface area contributed by atoms with Crippen LogP contribution in [0.2, 0.25) is 0 Å². The molecule has 2 unspecified atom stereocenters. The first-order valence-electron chi connectivity index (χ1n) is 6.98. The van der Waals surface area contributed by atoms with Crippen molar-refractivity contribution in [3.05, 3.63) is 0 Å². The Balaban J connectivity index is 0.00000180. The Bertz CT molecular complexity index is 319. The normalized spacial score (nSPS) is 26.8. The molecule has 0 spiro atoms. The number of carbonyl (C=O) groups is 2. The van der Waals surface area contributed by atoms with Crippen molar-refractivity contribution in [2.45, 2.75) is 44.6 Å². The zero-order chi connectivity index (χ0) is 13.0. The van der Waals surface area contributed by atoms with Gasteiger partial charge >= 0.3 is 0 Å². The summed E-state index contributed by atoms with van der Waals surface area (Å²) in [5.74, 6) is 0.363. The second-order valence-corrected chi connectivity index (χ2v) is 5.40. The van der Waals surface area contributed by atoms with Crippen LogP contribution >= 0.6 is 12.4 Å². The van der Waals surface area contributed by atoms with Gasteiger partial charge in [-0.15, -0.1) is 12.4 Å². The molecule has 3 N–H and O–H groups in total. The SMILES string of the molecule is Cl.NC(=O)C1CCCCN1C(=O)CCC1CCNC1. The average Bonchev–Trinajstić information content (AvgIpc) is 2.89. The summed E-state index contributed by atoms with van der Waals surface area (Å²) in [7, 11) is 0. The highest BCUT2D eigenvalue weighted by molar-refractivity contribution is 5.86. The molecule has 0 radical (unpaired) electrons. The van der Waals surface area contributed by atoms with Gasteiger partial charge in [0.1, 0.15) is 6.04 Å². The minimum Gasteiger partial charge on any atom is -0.368 e. The Kier molecular flexibility index (Phi) is 6.58. The van der Waals surface area contributed by atoms with E-state index < -0.39 is 0 Å². The van der Waals surface area contributed by atoms with Crippen LogP contribution < -0.4 is 11.1 Å². The first-order valence-corrected chi connectivity index (χ1v) is 6.98. The summed E-state index contributed by atoms with van der Waals surface area (Å²) in [4.78, 5) is 25.2. The van der Waals surface area contributed by atoms with Gasteiger partial charge in [0.15, 0.2) is 0 Å². The van der Waals surface area contributed by atoms with E-state index in [1.165, 1.54) is 0 Å². The number of halogens is 1. The Morgan fingerprint density at radius 1 is 1.26 bits per heavy atom. The van der Waals surface area contributed by atoms with Crippen LogP contribution in [0.1, 0.15) is 38.5 Å². The van der Waals surface area contributed by atoms with Crippen molar-refractivity contribution in [1.82, 2.24) is 10.2 Å². The van der Waals surface area contributed by atoms with Crippen molar-refractivity contribution in [2.24, 2.45) is 11.7 Å². The lowest BCUT2D eigenvalue weighted by atomic mass is 9.98. The summed E-state index contributed by atoms with van der Waals surface area (Å²) < 4.78 is 0. The number of amides is 2. The van der Waals surface area contributed by atoms with Gasteiger partial charge in [-0.25, -0.2) is 0 Å². The highest BCUT2D eigenvalue weighted by atomic mass is 35.5. The van der Waals surface area contributed by atoms with Crippen molar-refractivity contribution in [1.29, 1.82) is 0 Å². The molecular formula is C13H24ClN3O2. The summed E-state index contributed by atoms with van der Waals surface area (Å²) in [6.07, 6.45) is 5.34. The van der Waals surface area contributed by atoms with Crippen LogP contribution in [0.5, 0.6) is 0 Å². The molecule has 2 heterocycles. The zero-order valence-corrected chi connectivity index (χ0v) is 12.1. The van der Waals surface area contributed by atoms with E-state index in [0.717, 1.165) is 45.2 Å². The van der Waals surface area contributed by atoms with Crippen LogP contribution in [-0.4, -0.2) is 42.4 Å². The van der Waals surface area contributed by atoms with Crippen LogP contribution in [-0.2, 0) is 9.59 Å². The summed E-state index contributed by atoms with van der Waals surface area (Å²) in [5, 5.41) is 3.30. The maximum absolute atomic E-state index is 12.2. The summed E-state index contributed by atoms with van der Waals surface area (Å²) in [5.41, 5.74) is 5.37. The molecule has 110 valence electrons. The van der Waals surface area contributed by atoms with E-state index >= 15 is 0 Å². The minimum atomic E-state index is -0.368. The molecular weight excluding hydrogens is 266 g/mol. The van der Waals surface area contributed by atoms with E-state index in [1.807, 2.05) is 0 Å². The first-order chi connectivity index (χ1) is 8.68. The number of nitrogens with one attached hydrogen (secondary N) is 1. The van der Waals surface area contributed by atoms with Gasteiger partial charge in [0, 0.05) is 13.0 Å². The van der Waals surface area contributed by atoms with Crippen LogP contribution in [0.4, 0.5) is 0 Å². The topological polar surface area (TPSA) is 75.4 Å². The average molecular weight is 290 g/mol. The van der Waals surface area contributed by atoms with Crippen LogP contribution in [0, 0.1) is 5.92 Å². The lowest BCUT2D eigenvalue weighted by Gasteiger charge is -2.34. The second kappa shape index (κ2) is 7.70. The largest absolute Gasteiger partial charge is 0.368 e. The summed E-state index contributed by atoms with van der Waals surface area (Å²) >= 11 is 0. The maximum atomic E-state index is 12.2. The monoisotopic (exact) mass is 289 g/mol. The molecule has 2 atom stereocenters. The number of hydrogen-bond donors (Lipinski definition) is 2. The highest BCUT2D eigenvalue weighted by Gasteiger charge is 2.30. The Morgan fingerprint density at radius 3 is 2.68 bits per heavy atom. The van der Waals surface area contributed by atoms with Crippen molar-refractivity contribution in [3.8, 4) is 0 Å². The molecule has 0 bridgehead atoms. The third-order valence-corrected chi connectivity index (χ3v) is 4.08. The number of likely N-dealkylation sites (tertiary alicyclic amines) is 1. The fourth-order valence-electron chi connectivity index (χ4n) is 2.96. The van der Waals surface area contributed by atoms with Crippen molar-refractivity contribution >= 4 is 24.2 Å². The van der Waals surface area contributed by atoms with Gasteiger partial charge in [0.05, 0.1) is 0 Å². The predicted molar refractivity (Wildman–Crippen MR) is 76.0 cm³/mol. The molecule has 0 aromatic rings. The van der Waals surface area contributed by atoms with Gasteiger partial charge < -0.3 is 16.0 Å². The highest BCUT2D eigenvalue weighted by Crippen LogP contribution is 2.20. The van der Waals surface area contributed by atoms with Crippen LogP contribution in [0.15, 0.2) is 0 Å². The molecule has 2 amide bonds. The van der Waals surface area contributed by atoms with Gasteiger partial charge in [0.2, 0.25) is 11.8 Å². The fraction of sp³-hybridized carbons (Fsp3) is 0.846. The number of nitrogens with zero attached hydrogens (tertiary/aromatic N) is 1. The molecule has 2 aliphatic rings.